The monoisotopic (exact) mass is 483 g/mol. The Labute approximate surface area is 211 Å². The number of nitrogens with one attached hydrogen (secondary N) is 1. The number of pyridine rings is 2. The Morgan fingerprint density at radius 2 is 1.74 bits per heavy atom. The molecule has 7 heteroatoms. The van der Waals surface area contributed by atoms with Crippen LogP contribution in [0.3, 0.4) is 0 Å². The van der Waals surface area contributed by atoms with Gasteiger partial charge in [-0.2, -0.15) is 0 Å². The van der Waals surface area contributed by atoms with Crippen LogP contribution in [0.15, 0.2) is 73.1 Å². The maximum atomic E-state index is 5.88. The molecule has 1 aliphatic rings. The zero-order chi connectivity index (χ0) is 24.5. The third-order valence-electron chi connectivity index (χ3n) is 6.69. The lowest BCUT2D eigenvalue weighted by molar-refractivity contribution is 0.310. The topological polar surface area (TPSA) is 55.2 Å². The van der Waals surface area contributed by atoms with E-state index < -0.39 is 0 Å². The van der Waals surface area contributed by atoms with Crippen molar-refractivity contribution in [3.05, 3.63) is 107 Å². The van der Waals surface area contributed by atoms with Crippen molar-refractivity contribution in [2.75, 3.05) is 7.11 Å². The number of ether oxygens (including phenoxy) is 1. The second-order valence-corrected chi connectivity index (χ2v) is 9.30. The van der Waals surface area contributed by atoms with Crippen molar-refractivity contribution in [2.24, 2.45) is 0 Å². The number of hydrogen-bond acceptors (Lipinski definition) is 4. The summed E-state index contributed by atoms with van der Waals surface area (Å²) < 4.78 is 7.58. The fourth-order valence-electron chi connectivity index (χ4n) is 4.97. The average Bonchev–Trinajstić information content (AvgIpc) is 3.35. The van der Waals surface area contributed by atoms with E-state index in [0.29, 0.717) is 6.54 Å². The van der Waals surface area contributed by atoms with Gasteiger partial charge in [0.2, 0.25) is 0 Å². The van der Waals surface area contributed by atoms with Crippen LogP contribution in [-0.4, -0.2) is 31.7 Å². The molecular weight excluding hydrogens is 454 g/mol. The van der Waals surface area contributed by atoms with Crippen LogP contribution in [-0.2, 0) is 6.54 Å². The molecule has 3 aromatic heterocycles. The maximum Gasteiger partial charge on any atom is 0.170 e. The fourth-order valence-corrected chi connectivity index (χ4v) is 5.27. The molecule has 0 saturated carbocycles. The summed E-state index contributed by atoms with van der Waals surface area (Å²) in [5.41, 5.74) is 6.77. The molecule has 0 bridgehead atoms. The molecule has 2 atom stereocenters. The SMILES string of the molecule is COc1ccc(CN2C(=S)NC(c3ccccn3)C2c2cc(C)n(-c3ncccc3C)c2C)cc1. The molecular formula is C28H29N5OS. The minimum atomic E-state index is -0.0688. The van der Waals surface area contributed by atoms with Crippen LogP contribution in [0.4, 0.5) is 0 Å². The molecule has 4 aromatic rings. The van der Waals surface area contributed by atoms with Crippen molar-refractivity contribution in [1.82, 2.24) is 24.8 Å². The molecule has 35 heavy (non-hydrogen) atoms. The maximum absolute atomic E-state index is 5.88. The van der Waals surface area contributed by atoms with Gasteiger partial charge < -0.3 is 19.5 Å². The third kappa shape index (κ3) is 4.28. The summed E-state index contributed by atoms with van der Waals surface area (Å²) in [7, 11) is 1.68. The molecule has 0 aliphatic carbocycles. The molecule has 5 rings (SSSR count). The van der Waals surface area contributed by atoms with E-state index in [0.717, 1.165) is 44.9 Å². The van der Waals surface area contributed by atoms with Crippen LogP contribution in [0.2, 0.25) is 0 Å². The van der Waals surface area contributed by atoms with E-state index >= 15 is 0 Å². The minimum absolute atomic E-state index is 0.0246. The molecule has 1 saturated heterocycles. The molecule has 0 radical (unpaired) electrons. The Morgan fingerprint density at radius 1 is 0.971 bits per heavy atom. The Morgan fingerprint density at radius 3 is 2.43 bits per heavy atom. The highest BCUT2D eigenvalue weighted by atomic mass is 32.1. The highest BCUT2D eigenvalue weighted by Gasteiger charge is 2.41. The van der Waals surface area contributed by atoms with Gasteiger partial charge in [0.05, 0.1) is 24.9 Å². The number of methoxy groups -OCH3 is 1. The minimum Gasteiger partial charge on any atom is -0.497 e. The quantitative estimate of drug-likeness (QED) is 0.372. The van der Waals surface area contributed by atoms with Gasteiger partial charge in [0.15, 0.2) is 5.11 Å². The number of hydrogen-bond donors (Lipinski definition) is 1. The zero-order valence-corrected chi connectivity index (χ0v) is 21.2. The summed E-state index contributed by atoms with van der Waals surface area (Å²) in [6.45, 7) is 7.07. The molecule has 6 nitrogen and oxygen atoms in total. The number of nitrogens with zero attached hydrogens (tertiary/aromatic N) is 4. The van der Waals surface area contributed by atoms with Gasteiger partial charge in [0.25, 0.3) is 0 Å². The molecule has 178 valence electrons. The third-order valence-corrected chi connectivity index (χ3v) is 7.04. The number of aromatic nitrogens is 3. The standard InChI is InChI=1S/C28H29N5OS/c1-18-8-7-15-30-27(18)33-19(2)16-23(20(33)3)26-25(24-9-5-6-14-29-24)31-28(35)32(26)17-21-10-12-22(34-4)13-11-21/h5-16,25-26H,17H2,1-4H3,(H,31,35). The van der Waals surface area contributed by atoms with E-state index in [1.165, 1.54) is 5.56 Å². The Kier molecular flexibility index (Phi) is 6.26. The summed E-state index contributed by atoms with van der Waals surface area (Å²) in [4.78, 5) is 11.6. The van der Waals surface area contributed by atoms with Crippen LogP contribution in [0.25, 0.3) is 5.82 Å². The van der Waals surface area contributed by atoms with Crippen LogP contribution >= 0.6 is 12.2 Å². The van der Waals surface area contributed by atoms with Gasteiger partial charge in [-0.1, -0.05) is 24.3 Å². The van der Waals surface area contributed by atoms with Crippen LogP contribution < -0.4 is 10.1 Å². The van der Waals surface area contributed by atoms with E-state index in [1.807, 2.05) is 42.7 Å². The second-order valence-electron chi connectivity index (χ2n) is 8.91. The van der Waals surface area contributed by atoms with Gasteiger partial charge in [-0.25, -0.2) is 4.98 Å². The lowest BCUT2D eigenvalue weighted by Gasteiger charge is -2.28. The Hall–Kier alpha value is -3.71. The van der Waals surface area contributed by atoms with Gasteiger partial charge >= 0.3 is 0 Å². The van der Waals surface area contributed by atoms with Gasteiger partial charge in [-0.3, -0.25) is 4.98 Å². The average molecular weight is 484 g/mol. The van der Waals surface area contributed by atoms with E-state index in [2.05, 4.69) is 75.9 Å². The van der Waals surface area contributed by atoms with Crippen molar-refractivity contribution in [2.45, 2.75) is 39.4 Å². The molecule has 1 N–H and O–H groups in total. The van der Waals surface area contributed by atoms with E-state index in [1.54, 1.807) is 7.11 Å². The summed E-state index contributed by atoms with van der Waals surface area (Å²) >= 11 is 5.88. The first-order valence-corrected chi connectivity index (χ1v) is 12.1. The fraction of sp³-hybridized carbons (Fsp3) is 0.250. The molecule has 0 amide bonds. The lowest BCUT2D eigenvalue weighted by Crippen LogP contribution is -2.29. The molecule has 0 spiro atoms. The highest BCUT2D eigenvalue weighted by molar-refractivity contribution is 7.80. The zero-order valence-electron chi connectivity index (χ0n) is 20.4. The van der Waals surface area contributed by atoms with Crippen LogP contribution in [0.5, 0.6) is 5.75 Å². The lowest BCUT2D eigenvalue weighted by atomic mass is 9.96. The summed E-state index contributed by atoms with van der Waals surface area (Å²) in [6.07, 6.45) is 3.68. The van der Waals surface area contributed by atoms with E-state index in [9.17, 15) is 0 Å². The van der Waals surface area contributed by atoms with E-state index in [-0.39, 0.29) is 12.1 Å². The summed E-state index contributed by atoms with van der Waals surface area (Å²) in [5, 5.41) is 4.29. The van der Waals surface area contributed by atoms with Crippen molar-refractivity contribution in [1.29, 1.82) is 0 Å². The first kappa shape index (κ1) is 23.1. The summed E-state index contributed by atoms with van der Waals surface area (Å²) in [6, 6.07) is 20.4. The smallest absolute Gasteiger partial charge is 0.170 e. The number of rotatable bonds is 6. The Balaban J connectivity index is 1.60. The number of benzene rings is 1. The summed E-state index contributed by atoms with van der Waals surface area (Å²) in [5.74, 6) is 1.80. The van der Waals surface area contributed by atoms with Gasteiger partial charge in [0, 0.05) is 30.3 Å². The van der Waals surface area contributed by atoms with Crippen molar-refractivity contribution < 1.29 is 4.74 Å². The first-order chi connectivity index (χ1) is 17.0. The number of thiocarbonyl (C=S) groups is 1. The molecule has 4 heterocycles. The van der Waals surface area contributed by atoms with Crippen molar-refractivity contribution in [3.63, 3.8) is 0 Å². The van der Waals surface area contributed by atoms with Gasteiger partial charge in [0.1, 0.15) is 11.6 Å². The molecule has 2 unspecified atom stereocenters. The van der Waals surface area contributed by atoms with Crippen molar-refractivity contribution >= 4 is 17.3 Å². The molecule has 1 fully saturated rings. The van der Waals surface area contributed by atoms with Crippen LogP contribution in [0.1, 0.15) is 45.9 Å². The number of aryl methyl sites for hydroxylation is 2. The van der Waals surface area contributed by atoms with Crippen molar-refractivity contribution in [3.8, 4) is 11.6 Å². The predicted molar refractivity (Wildman–Crippen MR) is 142 cm³/mol. The normalized spacial score (nSPS) is 17.5. The predicted octanol–water partition coefficient (Wildman–Crippen LogP) is 5.37. The first-order valence-electron chi connectivity index (χ1n) is 11.7. The van der Waals surface area contributed by atoms with Gasteiger partial charge in [-0.05, 0) is 86.1 Å². The highest BCUT2D eigenvalue weighted by Crippen LogP contribution is 2.42. The second kappa shape index (κ2) is 9.50. The van der Waals surface area contributed by atoms with Gasteiger partial charge in [-0.15, -0.1) is 0 Å². The van der Waals surface area contributed by atoms with E-state index in [4.69, 9.17) is 17.0 Å². The van der Waals surface area contributed by atoms with Crippen LogP contribution in [0, 0.1) is 20.8 Å². The largest absolute Gasteiger partial charge is 0.497 e. The molecule has 1 aliphatic heterocycles. The molecule has 1 aromatic carbocycles. The Bertz CT molecular complexity index is 1350.